The molecule has 4 nitrogen and oxygen atoms in total. The average molecular weight is 271 g/mol. The molecule has 90 valence electrons. The van der Waals surface area contributed by atoms with Crippen LogP contribution in [0.5, 0.6) is 0 Å². The van der Waals surface area contributed by atoms with Crippen LogP contribution in [0.1, 0.15) is 11.3 Å². The van der Waals surface area contributed by atoms with E-state index < -0.39 is 0 Å². The molecule has 2 aromatic rings. The zero-order chi connectivity index (χ0) is 11.5. The normalized spacial score (nSPS) is 9.71. The smallest absolute Gasteiger partial charge is 0.269 e. The van der Waals surface area contributed by atoms with Crippen molar-refractivity contribution in [3.05, 3.63) is 56.5 Å². The average Bonchev–Trinajstić information content (AvgIpc) is 2.65. The number of halogens is 1. The van der Waals surface area contributed by atoms with Gasteiger partial charge in [-0.3, -0.25) is 10.1 Å². The zero-order valence-electron chi connectivity index (χ0n) is 9.17. The van der Waals surface area contributed by atoms with E-state index in [0.29, 0.717) is 0 Å². The summed E-state index contributed by atoms with van der Waals surface area (Å²) in [5.41, 5.74) is 4.44. The molecule has 1 aromatic carbocycles. The maximum atomic E-state index is 10.5. The van der Waals surface area contributed by atoms with E-state index in [9.17, 15) is 10.1 Å². The fourth-order valence-corrected chi connectivity index (χ4v) is 2.22. The van der Waals surface area contributed by atoms with Gasteiger partial charge in [0.1, 0.15) is 0 Å². The minimum atomic E-state index is -0.382. The summed E-state index contributed by atoms with van der Waals surface area (Å²) in [7, 11) is 0. The van der Waals surface area contributed by atoms with Crippen molar-refractivity contribution in [1.82, 2.24) is 0 Å². The van der Waals surface area contributed by atoms with Gasteiger partial charge in [-0.1, -0.05) is 11.3 Å². The van der Waals surface area contributed by atoms with E-state index in [4.69, 9.17) is 0 Å². The van der Waals surface area contributed by atoms with Crippen molar-refractivity contribution in [1.29, 1.82) is 0 Å². The molecule has 2 rings (SSSR count). The van der Waals surface area contributed by atoms with Crippen molar-refractivity contribution in [2.24, 2.45) is 0 Å². The Bertz CT molecular complexity index is 510. The van der Waals surface area contributed by atoms with Crippen molar-refractivity contribution in [2.75, 3.05) is 0 Å². The van der Waals surface area contributed by atoms with Crippen LogP contribution in [0.2, 0.25) is 0 Å². The molecule has 0 aliphatic rings. The fourth-order valence-electron chi connectivity index (χ4n) is 1.43. The topological polar surface area (TPSA) is 47.0 Å². The van der Waals surface area contributed by atoms with Gasteiger partial charge in [0.2, 0.25) is 5.51 Å². The monoisotopic (exact) mass is 270 g/mol. The highest BCUT2D eigenvalue weighted by Crippen LogP contribution is 2.12. The Kier molecular flexibility index (Phi) is 4.60. The van der Waals surface area contributed by atoms with Crippen LogP contribution >= 0.6 is 11.3 Å². The maximum Gasteiger partial charge on any atom is 0.269 e. The predicted octanol–water partition coefficient (Wildman–Crippen LogP) is -0.695. The molecule has 0 aliphatic carbocycles. The summed E-state index contributed by atoms with van der Waals surface area (Å²) in [6.45, 7) is 2.80. The van der Waals surface area contributed by atoms with Gasteiger partial charge < -0.3 is 12.4 Å². The number of hydrogen-bond acceptors (Lipinski definition) is 3. The summed E-state index contributed by atoms with van der Waals surface area (Å²) >= 11 is 1.65. The predicted molar refractivity (Wildman–Crippen MR) is 61.4 cm³/mol. The number of rotatable bonds is 3. The van der Waals surface area contributed by atoms with Crippen LogP contribution in [0.4, 0.5) is 5.69 Å². The summed E-state index contributed by atoms with van der Waals surface area (Å²) in [4.78, 5) is 10.1. The molecule has 0 saturated heterocycles. The maximum absolute atomic E-state index is 10.5. The van der Waals surface area contributed by atoms with Crippen molar-refractivity contribution in [3.8, 4) is 0 Å². The third-order valence-electron chi connectivity index (χ3n) is 2.38. The number of hydrogen-bond donors (Lipinski definition) is 0. The van der Waals surface area contributed by atoms with E-state index in [2.05, 4.69) is 9.95 Å². The summed E-state index contributed by atoms with van der Waals surface area (Å²) in [6, 6.07) is 6.67. The first-order valence-electron chi connectivity index (χ1n) is 4.82. The molecular weight excluding hydrogens is 260 g/mol. The summed E-state index contributed by atoms with van der Waals surface area (Å²) in [5.74, 6) is 0. The van der Waals surface area contributed by atoms with Crippen LogP contribution in [-0.4, -0.2) is 4.92 Å². The Morgan fingerprint density at radius 3 is 2.47 bits per heavy atom. The first kappa shape index (κ1) is 13.6. The number of non-ortho nitro benzene ring substituents is 1. The van der Waals surface area contributed by atoms with Gasteiger partial charge >= 0.3 is 0 Å². The lowest BCUT2D eigenvalue weighted by atomic mass is 10.2. The number of benzene rings is 1. The quantitative estimate of drug-likeness (QED) is 0.421. The molecule has 0 spiro atoms. The molecule has 0 fully saturated rings. The van der Waals surface area contributed by atoms with E-state index in [0.717, 1.165) is 12.1 Å². The first-order chi connectivity index (χ1) is 7.66. The molecular formula is C11H11ClN2O2S. The van der Waals surface area contributed by atoms with Crippen molar-refractivity contribution in [2.45, 2.75) is 13.5 Å². The highest BCUT2D eigenvalue weighted by Gasteiger charge is 2.09. The van der Waals surface area contributed by atoms with E-state index in [1.54, 1.807) is 23.5 Å². The zero-order valence-corrected chi connectivity index (χ0v) is 10.7. The Morgan fingerprint density at radius 2 is 2.00 bits per heavy atom. The molecule has 0 atom stereocenters. The standard InChI is InChI=1S/C11H11N2O2S.ClH/c1-9-7-16-8-12(9)6-10-2-4-11(5-3-10)13(14)15;/h2-5,7-8H,6H2,1H3;1H/q+1;/p-1. The van der Waals surface area contributed by atoms with Gasteiger partial charge in [-0.2, -0.15) is 4.57 Å². The van der Waals surface area contributed by atoms with Crippen molar-refractivity contribution in [3.63, 3.8) is 0 Å². The number of thiazole rings is 1. The van der Waals surface area contributed by atoms with Crippen LogP contribution in [-0.2, 0) is 6.54 Å². The third kappa shape index (κ3) is 3.25. The number of nitrogens with zero attached hydrogens (tertiary/aromatic N) is 2. The molecule has 1 heterocycles. The highest BCUT2D eigenvalue weighted by atomic mass is 35.5. The molecule has 0 amide bonds. The lowest BCUT2D eigenvalue weighted by molar-refractivity contribution is -0.689. The third-order valence-corrected chi connectivity index (χ3v) is 3.23. The SMILES string of the molecule is Cc1csc[n+]1Cc1ccc([N+](=O)[O-])cc1.[Cl-]. The van der Waals surface area contributed by atoms with Gasteiger partial charge in [-0.05, 0) is 12.1 Å². The van der Waals surface area contributed by atoms with Crippen LogP contribution in [0.15, 0.2) is 35.2 Å². The van der Waals surface area contributed by atoms with Gasteiger partial charge in [0.15, 0.2) is 12.2 Å². The Labute approximate surface area is 109 Å². The Hall–Kier alpha value is -1.46. The molecule has 1 aromatic heterocycles. The minimum absolute atomic E-state index is 0. The molecule has 0 bridgehead atoms. The molecule has 0 aliphatic heterocycles. The number of nitro groups is 1. The molecule has 17 heavy (non-hydrogen) atoms. The van der Waals surface area contributed by atoms with Gasteiger partial charge in [0.25, 0.3) is 5.69 Å². The highest BCUT2D eigenvalue weighted by molar-refractivity contribution is 7.07. The summed E-state index contributed by atoms with van der Waals surface area (Å²) in [5, 5.41) is 12.6. The summed E-state index contributed by atoms with van der Waals surface area (Å²) < 4.78 is 2.12. The fraction of sp³-hybridized carbons (Fsp3) is 0.182. The van der Waals surface area contributed by atoms with Gasteiger partial charge in [0.05, 0.1) is 10.3 Å². The Balaban J connectivity index is 0.00000144. The molecule has 0 radical (unpaired) electrons. The second-order valence-electron chi connectivity index (χ2n) is 3.55. The number of nitro benzene ring substituents is 1. The molecule has 0 unspecified atom stereocenters. The van der Waals surface area contributed by atoms with Crippen LogP contribution in [0, 0.1) is 17.0 Å². The van der Waals surface area contributed by atoms with E-state index in [1.807, 2.05) is 12.4 Å². The van der Waals surface area contributed by atoms with E-state index >= 15 is 0 Å². The van der Waals surface area contributed by atoms with Crippen LogP contribution in [0.3, 0.4) is 0 Å². The number of aryl methyl sites for hydroxylation is 1. The molecule has 6 heteroatoms. The Morgan fingerprint density at radius 1 is 1.35 bits per heavy atom. The largest absolute Gasteiger partial charge is 1.00 e. The molecule has 0 saturated carbocycles. The van der Waals surface area contributed by atoms with Gasteiger partial charge in [-0.15, -0.1) is 0 Å². The van der Waals surface area contributed by atoms with Gasteiger partial charge in [0, 0.05) is 24.6 Å². The second kappa shape index (κ2) is 5.75. The van der Waals surface area contributed by atoms with Crippen molar-refractivity contribution >= 4 is 17.0 Å². The number of aromatic nitrogens is 1. The van der Waals surface area contributed by atoms with Gasteiger partial charge in [-0.25, -0.2) is 0 Å². The van der Waals surface area contributed by atoms with Crippen LogP contribution in [0.25, 0.3) is 0 Å². The lowest BCUT2D eigenvalue weighted by Crippen LogP contribution is -3.00. The lowest BCUT2D eigenvalue weighted by Gasteiger charge is -1.96. The van der Waals surface area contributed by atoms with E-state index in [1.165, 1.54) is 17.8 Å². The second-order valence-corrected chi connectivity index (χ2v) is 4.27. The minimum Gasteiger partial charge on any atom is -1.00 e. The van der Waals surface area contributed by atoms with Crippen molar-refractivity contribution < 1.29 is 21.9 Å². The van der Waals surface area contributed by atoms with Crippen LogP contribution < -0.4 is 17.0 Å². The molecule has 0 N–H and O–H groups in total. The summed E-state index contributed by atoms with van der Waals surface area (Å²) in [6.07, 6.45) is 0. The van der Waals surface area contributed by atoms with E-state index in [-0.39, 0.29) is 23.0 Å². The first-order valence-corrected chi connectivity index (χ1v) is 5.76.